The van der Waals surface area contributed by atoms with Crippen molar-refractivity contribution in [1.29, 1.82) is 10.8 Å². The van der Waals surface area contributed by atoms with Gasteiger partial charge in [0.05, 0.1) is 0 Å². The summed E-state index contributed by atoms with van der Waals surface area (Å²) in [6.45, 7) is 0. The maximum absolute atomic E-state index is 6.08. The molecule has 0 aliphatic rings. The quantitative estimate of drug-likeness (QED) is 0.302. The van der Waals surface area contributed by atoms with Gasteiger partial charge in [0.2, 0.25) is 0 Å². The zero-order valence-corrected chi connectivity index (χ0v) is 5.73. The maximum Gasteiger partial charge on any atom is 2.00 e. The Morgan fingerprint density at radius 1 is 0.857 bits per heavy atom. The fourth-order valence-corrected chi connectivity index (χ4v) is 0. The summed E-state index contributed by atoms with van der Waals surface area (Å²) in [7, 11) is 0. The molecule has 0 amide bonds. The topological polar surface area (TPSA) is 47.7 Å². The molecule has 0 spiro atoms. The summed E-state index contributed by atoms with van der Waals surface area (Å²) in [5.74, 6) is 0. The fraction of sp³-hybridized carbons (Fsp3) is 0. The van der Waals surface area contributed by atoms with Crippen molar-refractivity contribution in [3.05, 3.63) is 0 Å². The molecule has 2 N–H and O–H groups in total. The summed E-state index contributed by atoms with van der Waals surface area (Å²) >= 11 is 0. The van der Waals surface area contributed by atoms with Crippen LogP contribution in [0.3, 0.4) is 0 Å². The van der Waals surface area contributed by atoms with Crippen LogP contribution in [0, 0.1) is 10.8 Å². The number of halogens is 2. The number of nitrogens with one attached hydrogen (secondary N) is 2. The predicted molar refractivity (Wildman–Crippen MR) is 17.6 cm³/mol. The normalized spacial score (nSPS) is 2.86. The molecule has 7 heavy (non-hydrogen) atoms. The largest absolute Gasteiger partial charge is 2.00 e. The van der Waals surface area contributed by atoms with Gasteiger partial charge in [-0.05, 0) is 0 Å². The Kier molecular flexibility index (Phi) is 121. The van der Waals surface area contributed by atoms with E-state index in [0.29, 0.717) is 0 Å². The Morgan fingerprint density at radius 2 is 1.00 bits per heavy atom. The number of rotatable bonds is 1. The van der Waals surface area contributed by atoms with Gasteiger partial charge >= 0.3 is 16.5 Å². The smallest absolute Gasteiger partial charge is 1.00 e. The van der Waals surface area contributed by atoms with E-state index in [2.05, 4.69) is 0 Å². The minimum atomic E-state index is 0. The molecule has 0 aromatic rings. The summed E-state index contributed by atoms with van der Waals surface area (Å²) in [4.78, 5) is 0. The molecule has 0 aromatic heterocycles. The molecule has 5 heteroatoms. The van der Waals surface area contributed by atoms with Gasteiger partial charge in [-0.3, -0.25) is 0 Å². The zero-order valence-electron chi connectivity index (χ0n) is 3.23. The van der Waals surface area contributed by atoms with Gasteiger partial charge in [0.1, 0.15) is 0 Å². The van der Waals surface area contributed by atoms with Gasteiger partial charge in [-0.15, -0.1) is 0 Å². The van der Waals surface area contributed by atoms with Crippen LogP contribution >= 0.6 is 0 Å². The van der Waals surface area contributed by atoms with Crippen LogP contribution < -0.4 is 24.8 Å². The Labute approximate surface area is 64.8 Å². The van der Waals surface area contributed by atoms with E-state index >= 15 is 0 Å². The van der Waals surface area contributed by atoms with Crippen molar-refractivity contribution in [2.45, 2.75) is 0 Å². The van der Waals surface area contributed by atoms with Crippen LogP contribution in [0.4, 0.5) is 0 Å². The first kappa shape index (κ1) is 26.2. The van der Waals surface area contributed by atoms with E-state index in [1.54, 1.807) is 0 Å². The molecule has 0 saturated carbocycles. The monoisotopic (exact) mass is 184 g/mol. The molecule has 46 valence electrons. The molecule has 0 radical (unpaired) electrons. The van der Waals surface area contributed by atoms with Gasteiger partial charge < -0.3 is 35.6 Å². The van der Waals surface area contributed by atoms with Gasteiger partial charge in [-0.1, -0.05) is 0 Å². The fourth-order valence-electron chi connectivity index (χ4n) is 0. The molecular formula is C2H4Cl2N2Ni. The zero-order chi connectivity index (χ0) is 3.41. The van der Waals surface area contributed by atoms with Crippen LogP contribution in [0.15, 0.2) is 0 Å². The third kappa shape index (κ3) is 62.5. The van der Waals surface area contributed by atoms with Gasteiger partial charge in [0.15, 0.2) is 0 Å². The predicted octanol–water partition coefficient (Wildman–Crippen LogP) is -5.71. The van der Waals surface area contributed by atoms with Gasteiger partial charge in [-0.2, -0.15) is 0 Å². The van der Waals surface area contributed by atoms with Crippen LogP contribution in [0.2, 0.25) is 0 Å². The van der Waals surface area contributed by atoms with Crippen molar-refractivity contribution < 1.29 is 41.3 Å². The van der Waals surface area contributed by atoms with Crippen molar-refractivity contribution in [3.8, 4) is 0 Å². The standard InChI is InChI=1S/C2H4N2.2ClH.Ni/c3-1-2-4;;;/h1-4H;2*1H;/q;;;+2/p-2. The molecule has 0 fully saturated rings. The summed E-state index contributed by atoms with van der Waals surface area (Å²) in [5.41, 5.74) is 0. The minimum absolute atomic E-state index is 0. The molecule has 0 rings (SSSR count). The van der Waals surface area contributed by atoms with Gasteiger partial charge in [0.25, 0.3) is 0 Å². The Bertz CT molecular complexity index is 34.7. The van der Waals surface area contributed by atoms with E-state index in [1.165, 1.54) is 0 Å². The Balaban J connectivity index is -0.0000000150. The Hall–Kier alpha value is 0.414. The van der Waals surface area contributed by atoms with E-state index in [4.69, 9.17) is 10.8 Å². The minimum Gasteiger partial charge on any atom is -1.00 e. The molecule has 0 saturated heterocycles. The second-order valence-corrected chi connectivity index (χ2v) is 0.333. The molecule has 0 aromatic carbocycles. The van der Waals surface area contributed by atoms with Crippen LogP contribution in [0.5, 0.6) is 0 Å². The first-order chi connectivity index (χ1) is 1.91. The van der Waals surface area contributed by atoms with Gasteiger partial charge in [0, 0.05) is 12.4 Å². The SMILES string of the molecule is N=CC=N.[Cl-].[Cl-].[Ni+2]. The first-order valence-electron chi connectivity index (χ1n) is 0.911. The van der Waals surface area contributed by atoms with E-state index in [1.807, 2.05) is 0 Å². The van der Waals surface area contributed by atoms with Crippen LogP contribution in [-0.4, -0.2) is 12.4 Å². The van der Waals surface area contributed by atoms with E-state index in [0.717, 1.165) is 12.4 Å². The Morgan fingerprint density at radius 3 is 1.00 bits per heavy atom. The van der Waals surface area contributed by atoms with Crippen molar-refractivity contribution in [2.75, 3.05) is 0 Å². The molecule has 0 aliphatic heterocycles. The van der Waals surface area contributed by atoms with Crippen molar-refractivity contribution in [3.63, 3.8) is 0 Å². The molecule has 0 atom stereocenters. The average Bonchev–Trinajstić information content (AvgIpc) is 1.37. The third-order valence-corrected chi connectivity index (χ3v) is 0.0833. The molecule has 0 aliphatic carbocycles. The third-order valence-electron chi connectivity index (χ3n) is 0.0833. The summed E-state index contributed by atoms with van der Waals surface area (Å²) < 4.78 is 0. The second-order valence-electron chi connectivity index (χ2n) is 0.333. The summed E-state index contributed by atoms with van der Waals surface area (Å²) in [6.07, 6.45) is 1.83. The number of hydrogen-bond acceptors (Lipinski definition) is 2. The van der Waals surface area contributed by atoms with Crippen LogP contribution in [-0.2, 0) is 16.5 Å². The van der Waals surface area contributed by atoms with Crippen molar-refractivity contribution >= 4 is 12.4 Å². The second kappa shape index (κ2) is 32.3. The molecule has 0 unspecified atom stereocenters. The molecular weight excluding hydrogens is 182 g/mol. The van der Waals surface area contributed by atoms with Crippen LogP contribution in [0.25, 0.3) is 0 Å². The molecule has 2 nitrogen and oxygen atoms in total. The van der Waals surface area contributed by atoms with Gasteiger partial charge in [-0.25, -0.2) is 0 Å². The first-order valence-corrected chi connectivity index (χ1v) is 0.911. The van der Waals surface area contributed by atoms with E-state index < -0.39 is 0 Å². The maximum atomic E-state index is 6.08. The summed E-state index contributed by atoms with van der Waals surface area (Å²) in [5, 5.41) is 12.2. The van der Waals surface area contributed by atoms with Crippen molar-refractivity contribution in [1.82, 2.24) is 0 Å². The van der Waals surface area contributed by atoms with E-state index in [9.17, 15) is 0 Å². The van der Waals surface area contributed by atoms with Crippen molar-refractivity contribution in [2.24, 2.45) is 0 Å². The molecule has 0 heterocycles. The van der Waals surface area contributed by atoms with Crippen LogP contribution in [0.1, 0.15) is 0 Å². The summed E-state index contributed by atoms with van der Waals surface area (Å²) in [6, 6.07) is 0. The number of hydrogen-bond donors (Lipinski definition) is 2. The average molecular weight is 186 g/mol. The van der Waals surface area contributed by atoms with E-state index in [-0.39, 0.29) is 41.3 Å². The molecule has 0 bridgehead atoms.